The molecule has 5 heteroatoms. The number of carbonyl (C=O) groups excluding carboxylic acids is 2. The minimum absolute atomic E-state index is 0.0329. The first-order chi connectivity index (χ1) is 9.17. The number of nitrogens with zero attached hydrogens (tertiary/aromatic N) is 1. The topological polar surface area (TPSA) is 72.6 Å². The number of hydrogen-bond donors (Lipinski definition) is 1. The Morgan fingerprint density at radius 3 is 2.53 bits per heavy atom. The molecule has 1 amide bonds. The van der Waals surface area contributed by atoms with Crippen LogP contribution >= 0.6 is 0 Å². The van der Waals surface area contributed by atoms with Crippen molar-refractivity contribution in [1.29, 1.82) is 0 Å². The third-order valence-corrected chi connectivity index (χ3v) is 2.71. The van der Waals surface area contributed by atoms with Crippen molar-refractivity contribution in [3.8, 4) is 0 Å². The predicted molar refractivity (Wildman–Crippen MR) is 72.2 cm³/mol. The standard InChI is InChI=1S/C14H20N2O3/c1-19-14(18)11-16(13(17)8-5-9-15)10-12-6-3-2-4-7-12/h2-4,6-7H,5,8-11,15H2,1H3. The second kappa shape index (κ2) is 8.26. The lowest BCUT2D eigenvalue weighted by Gasteiger charge is -2.21. The van der Waals surface area contributed by atoms with E-state index >= 15 is 0 Å². The lowest BCUT2D eigenvalue weighted by atomic mass is 10.2. The summed E-state index contributed by atoms with van der Waals surface area (Å²) in [6.07, 6.45) is 0.964. The number of benzene rings is 1. The summed E-state index contributed by atoms with van der Waals surface area (Å²) in [5, 5.41) is 0. The van der Waals surface area contributed by atoms with Gasteiger partial charge in [0.05, 0.1) is 7.11 Å². The summed E-state index contributed by atoms with van der Waals surface area (Å²) in [6, 6.07) is 9.54. The van der Waals surface area contributed by atoms with Crippen molar-refractivity contribution >= 4 is 11.9 Å². The monoisotopic (exact) mass is 264 g/mol. The number of ether oxygens (including phenoxy) is 1. The number of rotatable bonds is 7. The van der Waals surface area contributed by atoms with E-state index in [-0.39, 0.29) is 12.5 Å². The molecule has 0 spiro atoms. The molecule has 104 valence electrons. The maximum Gasteiger partial charge on any atom is 0.325 e. The molecule has 0 aliphatic rings. The highest BCUT2D eigenvalue weighted by molar-refractivity contribution is 5.82. The molecule has 0 aliphatic carbocycles. The zero-order valence-electron chi connectivity index (χ0n) is 11.2. The molecule has 1 aromatic carbocycles. The van der Waals surface area contributed by atoms with Gasteiger partial charge in [-0.3, -0.25) is 9.59 Å². The van der Waals surface area contributed by atoms with Crippen LogP contribution in [0.3, 0.4) is 0 Å². The summed E-state index contributed by atoms with van der Waals surface area (Å²) in [5.74, 6) is -0.503. The van der Waals surface area contributed by atoms with Crippen molar-refractivity contribution in [2.45, 2.75) is 19.4 Å². The highest BCUT2D eigenvalue weighted by atomic mass is 16.5. The van der Waals surface area contributed by atoms with Crippen molar-refractivity contribution in [2.75, 3.05) is 20.2 Å². The van der Waals surface area contributed by atoms with Crippen molar-refractivity contribution in [2.24, 2.45) is 5.73 Å². The highest BCUT2D eigenvalue weighted by Crippen LogP contribution is 2.07. The van der Waals surface area contributed by atoms with Gasteiger partial charge in [-0.15, -0.1) is 0 Å². The Bertz CT molecular complexity index is 406. The predicted octanol–water partition coefficient (Wildman–Crippen LogP) is 0.927. The first-order valence-electron chi connectivity index (χ1n) is 6.26. The van der Waals surface area contributed by atoms with Gasteiger partial charge in [0.15, 0.2) is 0 Å². The minimum atomic E-state index is -0.419. The van der Waals surface area contributed by atoms with Crippen LogP contribution in [0.1, 0.15) is 18.4 Å². The number of methoxy groups -OCH3 is 1. The summed E-state index contributed by atoms with van der Waals surface area (Å²) < 4.78 is 4.62. The average molecular weight is 264 g/mol. The van der Waals surface area contributed by atoms with Crippen LogP contribution < -0.4 is 5.73 Å². The second-order valence-corrected chi connectivity index (χ2v) is 4.20. The van der Waals surface area contributed by atoms with Gasteiger partial charge in [0, 0.05) is 13.0 Å². The van der Waals surface area contributed by atoms with E-state index in [0.717, 1.165) is 5.56 Å². The Balaban J connectivity index is 2.68. The van der Waals surface area contributed by atoms with Crippen LogP contribution in [0.4, 0.5) is 0 Å². The molecule has 0 unspecified atom stereocenters. The summed E-state index contributed by atoms with van der Waals surface area (Å²) in [7, 11) is 1.31. The summed E-state index contributed by atoms with van der Waals surface area (Å²) in [4.78, 5) is 24.9. The first-order valence-corrected chi connectivity index (χ1v) is 6.26. The Morgan fingerprint density at radius 1 is 1.26 bits per heavy atom. The van der Waals surface area contributed by atoms with E-state index in [1.807, 2.05) is 30.3 Å². The van der Waals surface area contributed by atoms with E-state index in [9.17, 15) is 9.59 Å². The van der Waals surface area contributed by atoms with E-state index in [1.165, 1.54) is 12.0 Å². The lowest BCUT2D eigenvalue weighted by molar-refractivity contribution is -0.147. The molecule has 19 heavy (non-hydrogen) atoms. The zero-order chi connectivity index (χ0) is 14.1. The van der Waals surface area contributed by atoms with Gasteiger partial charge in [0.25, 0.3) is 0 Å². The van der Waals surface area contributed by atoms with E-state index < -0.39 is 5.97 Å². The van der Waals surface area contributed by atoms with Gasteiger partial charge in [0.1, 0.15) is 6.54 Å². The maximum absolute atomic E-state index is 12.0. The van der Waals surface area contributed by atoms with Crippen molar-refractivity contribution in [3.63, 3.8) is 0 Å². The average Bonchev–Trinajstić information content (AvgIpc) is 2.44. The maximum atomic E-state index is 12.0. The molecule has 0 heterocycles. The summed E-state index contributed by atoms with van der Waals surface area (Å²) in [6.45, 7) is 0.831. The number of esters is 1. The zero-order valence-corrected chi connectivity index (χ0v) is 11.2. The molecule has 0 aliphatic heterocycles. The molecule has 2 N–H and O–H groups in total. The van der Waals surface area contributed by atoms with Crippen LogP contribution in [0.15, 0.2) is 30.3 Å². The Morgan fingerprint density at radius 2 is 1.95 bits per heavy atom. The van der Waals surface area contributed by atoms with Crippen LogP contribution in [-0.2, 0) is 20.9 Å². The number of amides is 1. The van der Waals surface area contributed by atoms with Crippen LogP contribution in [-0.4, -0.2) is 37.0 Å². The lowest BCUT2D eigenvalue weighted by Crippen LogP contribution is -2.35. The van der Waals surface area contributed by atoms with Crippen molar-refractivity contribution in [3.05, 3.63) is 35.9 Å². The van der Waals surface area contributed by atoms with Crippen LogP contribution in [0, 0.1) is 0 Å². The van der Waals surface area contributed by atoms with Crippen LogP contribution in [0.2, 0.25) is 0 Å². The summed E-state index contributed by atoms with van der Waals surface area (Å²) >= 11 is 0. The molecule has 0 saturated heterocycles. The van der Waals surface area contributed by atoms with E-state index in [1.54, 1.807) is 0 Å². The molecule has 1 rings (SSSR count). The number of carbonyl (C=O) groups is 2. The van der Waals surface area contributed by atoms with Gasteiger partial charge in [-0.1, -0.05) is 30.3 Å². The van der Waals surface area contributed by atoms with Gasteiger partial charge >= 0.3 is 5.97 Å². The number of nitrogens with two attached hydrogens (primary N) is 1. The third kappa shape index (κ3) is 5.52. The van der Waals surface area contributed by atoms with Gasteiger partial charge in [-0.25, -0.2) is 0 Å². The van der Waals surface area contributed by atoms with Gasteiger partial charge in [-0.2, -0.15) is 0 Å². The Labute approximate surface area is 113 Å². The molecule has 5 nitrogen and oxygen atoms in total. The quantitative estimate of drug-likeness (QED) is 0.743. The van der Waals surface area contributed by atoms with E-state index in [0.29, 0.717) is 25.9 Å². The molecule has 0 bridgehead atoms. The fourth-order valence-electron chi connectivity index (χ4n) is 1.67. The van der Waals surface area contributed by atoms with Crippen molar-refractivity contribution < 1.29 is 14.3 Å². The minimum Gasteiger partial charge on any atom is -0.468 e. The molecule has 0 saturated carbocycles. The molecule has 0 atom stereocenters. The molecule has 0 fully saturated rings. The Kier molecular flexibility index (Phi) is 6.60. The first kappa shape index (κ1) is 15.2. The van der Waals surface area contributed by atoms with E-state index in [2.05, 4.69) is 4.74 Å². The fraction of sp³-hybridized carbons (Fsp3) is 0.429. The van der Waals surface area contributed by atoms with Gasteiger partial charge in [-0.05, 0) is 18.5 Å². The number of hydrogen-bond acceptors (Lipinski definition) is 4. The second-order valence-electron chi connectivity index (χ2n) is 4.20. The molecule has 0 radical (unpaired) electrons. The van der Waals surface area contributed by atoms with Crippen LogP contribution in [0.5, 0.6) is 0 Å². The van der Waals surface area contributed by atoms with Gasteiger partial charge < -0.3 is 15.4 Å². The summed E-state index contributed by atoms with van der Waals surface area (Å²) in [5.41, 5.74) is 6.37. The Hall–Kier alpha value is -1.88. The van der Waals surface area contributed by atoms with Crippen LogP contribution in [0.25, 0.3) is 0 Å². The SMILES string of the molecule is COC(=O)CN(Cc1ccccc1)C(=O)CCCN. The van der Waals surface area contributed by atoms with E-state index in [4.69, 9.17) is 5.73 Å². The smallest absolute Gasteiger partial charge is 0.325 e. The third-order valence-electron chi connectivity index (χ3n) is 2.71. The fourth-order valence-corrected chi connectivity index (χ4v) is 1.67. The molecular weight excluding hydrogens is 244 g/mol. The van der Waals surface area contributed by atoms with Crippen molar-refractivity contribution in [1.82, 2.24) is 4.90 Å². The van der Waals surface area contributed by atoms with Gasteiger partial charge in [0.2, 0.25) is 5.91 Å². The highest BCUT2D eigenvalue weighted by Gasteiger charge is 2.17. The normalized spacial score (nSPS) is 10.0. The molecule has 1 aromatic rings. The molecule has 0 aromatic heterocycles. The largest absolute Gasteiger partial charge is 0.468 e. The molecular formula is C14H20N2O3.